The maximum absolute atomic E-state index is 11.8. The highest BCUT2D eigenvalue weighted by Crippen LogP contribution is 2.26. The number of pyridine rings is 2. The van der Waals surface area contributed by atoms with Gasteiger partial charge in [0.1, 0.15) is 5.69 Å². The number of anilines is 1. The molecule has 0 unspecified atom stereocenters. The van der Waals surface area contributed by atoms with Crippen LogP contribution in [-0.4, -0.2) is 75.0 Å². The molecular weight excluding hydrogens is 492 g/mol. The molecule has 3 aromatic heterocycles. The Morgan fingerprint density at radius 1 is 1.08 bits per heavy atom. The van der Waals surface area contributed by atoms with Crippen LogP contribution in [0, 0.1) is 0 Å². The first-order valence-electron chi connectivity index (χ1n) is 12.8. The van der Waals surface area contributed by atoms with Crippen molar-refractivity contribution in [2.75, 3.05) is 31.6 Å². The van der Waals surface area contributed by atoms with Gasteiger partial charge in [-0.1, -0.05) is 17.3 Å². The summed E-state index contributed by atoms with van der Waals surface area (Å²) in [5.74, 6) is 1.53. The molecule has 0 spiro atoms. The van der Waals surface area contributed by atoms with E-state index < -0.39 is 0 Å². The summed E-state index contributed by atoms with van der Waals surface area (Å²) in [6.07, 6.45) is 7.92. The van der Waals surface area contributed by atoms with E-state index in [9.17, 15) is 4.79 Å². The summed E-state index contributed by atoms with van der Waals surface area (Å²) in [6.45, 7) is 6.36. The van der Waals surface area contributed by atoms with Crippen LogP contribution < -0.4 is 4.90 Å². The lowest BCUT2D eigenvalue weighted by Crippen LogP contribution is -2.57. The van der Waals surface area contributed by atoms with Gasteiger partial charge in [-0.05, 0) is 62.4 Å². The van der Waals surface area contributed by atoms with Gasteiger partial charge in [0.05, 0.1) is 5.70 Å². The second kappa shape index (κ2) is 11.7. The minimum absolute atomic E-state index is 0.119. The molecule has 1 atom stereocenters. The van der Waals surface area contributed by atoms with Crippen molar-refractivity contribution in [2.45, 2.75) is 19.9 Å². The van der Waals surface area contributed by atoms with E-state index in [1.165, 1.54) is 4.90 Å². The molecule has 5 rings (SSSR count). The van der Waals surface area contributed by atoms with Gasteiger partial charge in [0.25, 0.3) is 5.89 Å². The molecular formula is C29H30N8O2. The van der Waals surface area contributed by atoms with Crippen LogP contribution in [0.25, 0.3) is 28.7 Å². The number of hydrogen-bond donors (Lipinski definition) is 0. The average Bonchev–Trinajstić information content (AvgIpc) is 3.49. The fourth-order valence-electron chi connectivity index (χ4n) is 4.56. The fraction of sp³-hybridized carbons (Fsp3) is 0.241. The van der Waals surface area contributed by atoms with Gasteiger partial charge < -0.3 is 14.3 Å². The summed E-state index contributed by atoms with van der Waals surface area (Å²) >= 11 is 0. The standard InChI is InChI=1S/C29H30N8O2/c1-4-25(22-12-15-30-16-13-22)32-29(35(3)20-38)37-18-17-36(19-21(37)2)24-10-8-23(9-11-24)27-33-28(39-34-27)26-7-5-6-14-31-26/h4-16,20-21H,17-19H2,1-3H3/b25-4-,32-29?/t21-/m1/s1. The van der Waals surface area contributed by atoms with E-state index >= 15 is 0 Å². The summed E-state index contributed by atoms with van der Waals surface area (Å²) in [5, 5.41) is 4.12. The topological polar surface area (TPSA) is 104 Å². The van der Waals surface area contributed by atoms with Crippen molar-refractivity contribution in [1.82, 2.24) is 29.9 Å². The van der Waals surface area contributed by atoms with Crippen molar-refractivity contribution in [3.8, 4) is 23.0 Å². The van der Waals surface area contributed by atoms with Gasteiger partial charge in [-0.3, -0.25) is 19.7 Å². The molecule has 0 aliphatic carbocycles. The number of benzene rings is 1. The summed E-state index contributed by atoms with van der Waals surface area (Å²) in [5.41, 5.74) is 4.36. The van der Waals surface area contributed by atoms with Gasteiger partial charge in [-0.2, -0.15) is 4.98 Å². The van der Waals surface area contributed by atoms with Crippen molar-refractivity contribution >= 4 is 23.8 Å². The third kappa shape index (κ3) is 5.69. The summed E-state index contributed by atoms with van der Waals surface area (Å²) in [4.78, 5) is 35.6. The second-order valence-corrected chi connectivity index (χ2v) is 9.21. The van der Waals surface area contributed by atoms with Crippen molar-refractivity contribution in [1.29, 1.82) is 0 Å². The number of aromatic nitrogens is 4. The zero-order valence-electron chi connectivity index (χ0n) is 22.2. The van der Waals surface area contributed by atoms with E-state index in [1.807, 2.05) is 55.5 Å². The van der Waals surface area contributed by atoms with Gasteiger partial charge in [-0.15, -0.1) is 0 Å². The fourth-order valence-corrected chi connectivity index (χ4v) is 4.56. The Labute approximate surface area is 227 Å². The minimum atomic E-state index is 0.119. The van der Waals surface area contributed by atoms with Crippen LogP contribution in [-0.2, 0) is 4.79 Å². The predicted octanol–water partition coefficient (Wildman–Crippen LogP) is 4.21. The number of piperazine rings is 1. The third-order valence-corrected chi connectivity index (χ3v) is 6.63. The van der Waals surface area contributed by atoms with Crippen LogP contribution in [0.2, 0.25) is 0 Å². The number of rotatable bonds is 6. The van der Waals surface area contributed by atoms with E-state index in [1.54, 1.807) is 25.6 Å². The van der Waals surface area contributed by atoms with E-state index in [-0.39, 0.29) is 6.04 Å². The molecule has 0 N–H and O–H groups in total. The van der Waals surface area contributed by atoms with Gasteiger partial charge in [-0.25, -0.2) is 4.99 Å². The smallest absolute Gasteiger partial charge is 0.276 e. The number of carbonyl (C=O) groups is 1. The lowest BCUT2D eigenvalue weighted by molar-refractivity contribution is -0.114. The molecule has 198 valence electrons. The molecule has 10 nitrogen and oxygen atoms in total. The van der Waals surface area contributed by atoms with Gasteiger partial charge >= 0.3 is 0 Å². The van der Waals surface area contributed by atoms with E-state index in [2.05, 4.69) is 49.0 Å². The van der Waals surface area contributed by atoms with Crippen LogP contribution in [0.3, 0.4) is 0 Å². The number of amides is 1. The minimum Gasteiger partial charge on any atom is -0.368 e. The Hall–Kier alpha value is -4.86. The van der Waals surface area contributed by atoms with Crippen LogP contribution in [0.1, 0.15) is 19.4 Å². The highest BCUT2D eigenvalue weighted by molar-refractivity contribution is 5.93. The second-order valence-electron chi connectivity index (χ2n) is 9.21. The van der Waals surface area contributed by atoms with Crippen molar-refractivity contribution in [3.63, 3.8) is 0 Å². The average molecular weight is 523 g/mol. The van der Waals surface area contributed by atoms with Crippen molar-refractivity contribution in [3.05, 3.63) is 84.8 Å². The Balaban J connectivity index is 1.30. The number of aliphatic imine (C=N–C) groups is 1. The maximum atomic E-state index is 11.8. The zero-order chi connectivity index (χ0) is 27.2. The zero-order valence-corrected chi connectivity index (χ0v) is 22.2. The first-order valence-corrected chi connectivity index (χ1v) is 12.8. The molecule has 1 saturated heterocycles. The number of guanidine groups is 1. The van der Waals surface area contributed by atoms with Gasteiger partial charge in [0.15, 0.2) is 0 Å². The van der Waals surface area contributed by atoms with E-state index in [0.717, 1.165) is 42.0 Å². The Morgan fingerprint density at radius 3 is 2.54 bits per heavy atom. The molecule has 1 aromatic carbocycles. The highest BCUT2D eigenvalue weighted by Gasteiger charge is 2.28. The number of carbonyl (C=O) groups excluding carboxylic acids is 1. The first-order chi connectivity index (χ1) is 19.1. The molecule has 39 heavy (non-hydrogen) atoms. The van der Waals surface area contributed by atoms with Crippen LogP contribution in [0.5, 0.6) is 0 Å². The Kier molecular flexibility index (Phi) is 7.72. The number of allylic oxidation sites excluding steroid dienone is 1. The molecule has 1 aliphatic rings. The predicted molar refractivity (Wildman–Crippen MR) is 150 cm³/mol. The lowest BCUT2D eigenvalue weighted by atomic mass is 10.1. The summed E-state index contributed by atoms with van der Waals surface area (Å²) < 4.78 is 5.41. The first kappa shape index (κ1) is 25.8. The number of nitrogens with zero attached hydrogens (tertiary/aromatic N) is 8. The molecule has 10 heteroatoms. The monoisotopic (exact) mass is 522 g/mol. The summed E-state index contributed by atoms with van der Waals surface area (Å²) in [7, 11) is 1.74. The maximum Gasteiger partial charge on any atom is 0.276 e. The van der Waals surface area contributed by atoms with Gasteiger partial charge in [0, 0.05) is 68.1 Å². The molecule has 0 saturated carbocycles. The lowest BCUT2D eigenvalue weighted by Gasteiger charge is -2.43. The van der Waals surface area contributed by atoms with Crippen molar-refractivity contribution in [2.24, 2.45) is 4.99 Å². The van der Waals surface area contributed by atoms with Crippen LogP contribution in [0.15, 0.2) is 88.8 Å². The Bertz CT molecular complexity index is 1450. The molecule has 1 amide bonds. The summed E-state index contributed by atoms with van der Waals surface area (Å²) in [6, 6.07) is 17.7. The SMILES string of the molecule is C/C=C(\N=C(N(C)C=O)N1CCN(c2ccc(-c3noc(-c4ccccn4)n3)cc2)C[C@H]1C)c1ccncc1. The van der Waals surface area contributed by atoms with Crippen LogP contribution in [0.4, 0.5) is 5.69 Å². The molecule has 1 fully saturated rings. The van der Waals surface area contributed by atoms with Gasteiger partial charge in [0.2, 0.25) is 18.2 Å². The molecule has 4 heterocycles. The molecule has 4 aromatic rings. The highest BCUT2D eigenvalue weighted by atomic mass is 16.5. The van der Waals surface area contributed by atoms with E-state index in [0.29, 0.717) is 29.9 Å². The molecule has 0 bridgehead atoms. The molecule has 1 aliphatic heterocycles. The quantitative estimate of drug-likeness (QED) is 0.211. The third-order valence-electron chi connectivity index (χ3n) is 6.63. The largest absolute Gasteiger partial charge is 0.368 e. The van der Waals surface area contributed by atoms with Crippen molar-refractivity contribution < 1.29 is 9.32 Å². The normalized spacial score (nSPS) is 16.3. The Morgan fingerprint density at radius 2 is 1.87 bits per heavy atom. The molecule has 0 radical (unpaired) electrons. The van der Waals surface area contributed by atoms with Crippen LogP contribution >= 0.6 is 0 Å². The van der Waals surface area contributed by atoms with E-state index in [4.69, 9.17) is 9.52 Å². The number of hydrogen-bond acceptors (Lipinski definition) is 8.